The number of carbonyl (C=O) groups excluding carboxylic acids is 1. The molecule has 1 aromatic carbocycles. The number of halogens is 1. The van der Waals surface area contributed by atoms with Crippen molar-refractivity contribution in [2.45, 2.75) is 52.5 Å². The van der Waals surface area contributed by atoms with Crippen LogP contribution in [0.25, 0.3) is 0 Å². The van der Waals surface area contributed by atoms with Crippen LogP contribution in [-0.2, 0) is 6.42 Å². The van der Waals surface area contributed by atoms with Crippen molar-refractivity contribution >= 4 is 35.8 Å². The number of rotatable bonds is 8. The molecule has 6 nitrogen and oxygen atoms in total. The van der Waals surface area contributed by atoms with E-state index in [2.05, 4.69) is 49.3 Å². The summed E-state index contributed by atoms with van der Waals surface area (Å²) in [7, 11) is 3.56. The largest absolute Gasteiger partial charge is 0.357 e. The van der Waals surface area contributed by atoms with E-state index in [1.54, 1.807) is 19.0 Å². The molecule has 1 unspecified atom stereocenters. The summed E-state index contributed by atoms with van der Waals surface area (Å²) in [4.78, 5) is 21.2. The van der Waals surface area contributed by atoms with Gasteiger partial charge >= 0.3 is 0 Å². The quantitative estimate of drug-likeness (QED) is 0.299. The van der Waals surface area contributed by atoms with Crippen molar-refractivity contribution in [2.24, 2.45) is 10.9 Å². The van der Waals surface area contributed by atoms with E-state index < -0.39 is 0 Å². The van der Waals surface area contributed by atoms with E-state index in [0.717, 1.165) is 55.6 Å². The standard InChI is InChI=1S/C24H41N5O.HI/c1-7-25-23(27-18-24(3,4)29-15-9-10-19(2)17-29)26-14-13-20-11-8-12-21(16-20)22(30)28(5)6;/h8,11-12,16,19H,7,9-10,13-15,17-18H2,1-6H3,(H2,25,26,27);1H. The SMILES string of the molecule is CCNC(=NCC(C)(C)N1CCCC(C)C1)NCCc1cccc(C(=O)N(C)C)c1.I. The predicted molar refractivity (Wildman–Crippen MR) is 142 cm³/mol. The molecule has 1 heterocycles. The van der Waals surface area contributed by atoms with Gasteiger partial charge in [0, 0.05) is 44.8 Å². The van der Waals surface area contributed by atoms with Crippen LogP contribution in [0.1, 0.15) is 56.5 Å². The molecule has 2 N–H and O–H groups in total. The highest BCUT2D eigenvalue weighted by Crippen LogP contribution is 2.24. The summed E-state index contributed by atoms with van der Waals surface area (Å²) >= 11 is 0. The van der Waals surface area contributed by atoms with Gasteiger partial charge in [-0.15, -0.1) is 24.0 Å². The Bertz CT molecular complexity index is 720. The lowest BCUT2D eigenvalue weighted by molar-refractivity contribution is 0.0774. The maximum Gasteiger partial charge on any atom is 0.253 e. The zero-order valence-corrected chi connectivity index (χ0v) is 22.5. The molecule has 0 radical (unpaired) electrons. The molecule has 1 fully saturated rings. The van der Waals surface area contributed by atoms with Crippen molar-refractivity contribution in [3.63, 3.8) is 0 Å². The predicted octanol–water partition coefficient (Wildman–Crippen LogP) is 3.61. The van der Waals surface area contributed by atoms with Crippen LogP contribution in [0.3, 0.4) is 0 Å². The molecule has 0 saturated carbocycles. The van der Waals surface area contributed by atoms with Gasteiger partial charge in [-0.1, -0.05) is 19.1 Å². The van der Waals surface area contributed by atoms with Crippen LogP contribution in [-0.4, -0.2) is 74.0 Å². The molecule has 0 bridgehead atoms. The van der Waals surface area contributed by atoms with Gasteiger partial charge in [0.2, 0.25) is 0 Å². The molecule has 176 valence electrons. The summed E-state index contributed by atoms with van der Waals surface area (Å²) in [6.07, 6.45) is 3.45. The Balaban J connectivity index is 0.00000480. The van der Waals surface area contributed by atoms with Crippen LogP contribution in [0.5, 0.6) is 0 Å². The molecule has 1 atom stereocenters. The van der Waals surface area contributed by atoms with Gasteiger partial charge < -0.3 is 15.5 Å². The first-order chi connectivity index (χ1) is 14.2. The fraction of sp³-hybridized carbons (Fsp3) is 0.667. The number of carbonyl (C=O) groups is 1. The van der Waals surface area contributed by atoms with Crippen LogP contribution in [0, 0.1) is 5.92 Å². The molecule has 7 heteroatoms. The first kappa shape index (κ1) is 27.7. The molecular formula is C24H42IN5O. The third-order valence-corrected chi connectivity index (χ3v) is 5.77. The minimum atomic E-state index is 0. The molecule has 2 rings (SSSR count). The van der Waals surface area contributed by atoms with Gasteiger partial charge in [-0.25, -0.2) is 0 Å². The number of likely N-dealkylation sites (tertiary alicyclic amines) is 1. The number of guanidine groups is 1. The number of piperidine rings is 1. The Morgan fingerprint density at radius 3 is 2.68 bits per heavy atom. The van der Waals surface area contributed by atoms with Crippen LogP contribution >= 0.6 is 24.0 Å². The second-order valence-corrected chi connectivity index (χ2v) is 9.28. The number of hydrogen-bond donors (Lipinski definition) is 2. The van der Waals surface area contributed by atoms with E-state index in [9.17, 15) is 4.79 Å². The number of hydrogen-bond acceptors (Lipinski definition) is 3. The van der Waals surface area contributed by atoms with Gasteiger partial charge in [-0.2, -0.15) is 0 Å². The highest BCUT2D eigenvalue weighted by Gasteiger charge is 2.30. The first-order valence-electron chi connectivity index (χ1n) is 11.3. The Hall–Kier alpha value is -1.35. The maximum atomic E-state index is 12.2. The zero-order chi connectivity index (χ0) is 22.1. The van der Waals surface area contributed by atoms with E-state index in [1.165, 1.54) is 19.4 Å². The Kier molecular flexibility index (Phi) is 11.8. The molecule has 1 aliphatic rings. The molecule has 0 spiro atoms. The molecule has 1 aromatic rings. The maximum absolute atomic E-state index is 12.2. The van der Waals surface area contributed by atoms with Crippen LogP contribution in [0.2, 0.25) is 0 Å². The first-order valence-corrected chi connectivity index (χ1v) is 11.3. The van der Waals surface area contributed by atoms with Crippen LogP contribution in [0.15, 0.2) is 29.3 Å². The number of nitrogens with one attached hydrogen (secondary N) is 2. The normalized spacial score (nSPS) is 17.6. The molecule has 1 aliphatic heterocycles. The average Bonchev–Trinajstić information content (AvgIpc) is 2.71. The molecule has 31 heavy (non-hydrogen) atoms. The van der Waals surface area contributed by atoms with Crippen LogP contribution in [0.4, 0.5) is 0 Å². The van der Waals surface area contributed by atoms with Gasteiger partial charge in [-0.3, -0.25) is 14.7 Å². The van der Waals surface area contributed by atoms with Gasteiger partial charge in [0.25, 0.3) is 5.91 Å². The Morgan fingerprint density at radius 1 is 1.29 bits per heavy atom. The summed E-state index contributed by atoms with van der Waals surface area (Å²) in [6, 6.07) is 7.87. The summed E-state index contributed by atoms with van der Waals surface area (Å²) in [6.45, 7) is 13.7. The highest BCUT2D eigenvalue weighted by molar-refractivity contribution is 14.0. The second-order valence-electron chi connectivity index (χ2n) is 9.28. The van der Waals surface area contributed by atoms with Crippen molar-refractivity contribution in [3.05, 3.63) is 35.4 Å². The molecular weight excluding hydrogens is 501 g/mol. The summed E-state index contributed by atoms with van der Waals surface area (Å²) in [5.74, 6) is 1.66. The third kappa shape index (κ3) is 8.96. The van der Waals surface area contributed by atoms with Crippen molar-refractivity contribution in [1.82, 2.24) is 20.4 Å². The molecule has 1 saturated heterocycles. The van der Waals surface area contributed by atoms with Crippen molar-refractivity contribution < 1.29 is 4.79 Å². The molecule has 0 aliphatic carbocycles. The Morgan fingerprint density at radius 2 is 2.03 bits per heavy atom. The number of benzene rings is 1. The highest BCUT2D eigenvalue weighted by atomic mass is 127. The van der Waals surface area contributed by atoms with Gasteiger partial charge in [0.1, 0.15) is 0 Å². The van der Waals surface area contributed by atoms with Crippen molar-refractivity contribution in [3.8, 4) is 0 Å². The topological polar surface area (TPSA) is 60.0 Å². The lowest BCUT2D eigenvalue weighted by Crippen LogP contribution is -2.51. The van der Waals surface area contributed by atoms with Crippen molar-refractivity contribution in [1.29, 1.82) is 0 Å². The van der Waals surface area contributed by atoms with Gasteiger partial charge in [0.15, 0.2) is 5.96 Å². The summed E-state index contributed by atoms with van der Waals surface area (Å²) in [5.41, 5.74) is 1.93. The lowest BCUT2D eigenvalue weighted by atomic mass is 9.94. The monoisotopic (exact) mass is 543 g/mol. The third-order valence-electron chi connectivity index (χ3n) is 5.77. The fourth-order valence-electron chi connectivity index (χ4n) is 3.90. The summed E-state index contributed by atoms with van der Waals surface area (Å²) < 4.78 is 0. The van der Waals surface area contributed by atoms with Crippen LogP contribution < -0.4 is 10.6 Å². The van der Waals surface area contributed by atoms with E-state index in [-0.39, 0.29) is 35.4 Å². The second kappa shape index (κ2) is 13.3. The van der Waals surface area contributed by atoms with Crippen molar-refractivity contribution in [2.75, 3.05) is 46.8 Å². The van der Waals surface area contributed by atoms with E-state index in [0.29, 0.717) is 0 Å². The van der Waals surface area contributed by atoms with Gasteiger partial charge in [-0.05, 0) is 70.2 Å². The lowest BCUT2D eigenvalue weighted by Gasteiger charge is -2.42. The summed E-state index contributed by atoms with van der Waals surface area (Å²) in [5, 5.41) is 6.81. The van der Waals surface area contributed by atoms with E-state index in [4.69, 9.17) is 4.99 Å². The van der Waals surface area contributed by atoms with E-state index in [1.807, 2.05) is 18.2 Å². The fourth-order valence-corrected chi connectivity index (χ4v) is 3.90. The average molecular weight is 544 g/mol. The number of amides is 1. The Labute approximate surface area is 206 Å². The van der Waals surface area contributed by atoms with E-state index >= 15 is 0 Å². The van der Waals surface area contributed by atoms with Gasteiger partial charge in [0.05, 0.1) is 6.54 Å². The number of aliphatic imine (C=N–C) groups is 1. The molecule has 1 amide bonds. The number of nitrogens with zero attached hydrogens (tertiary/aromatic N) is 3. The zero-order valence-electron chi connectivity index (χ0n) is 20.2. The minimum Gasteiger partial charge on any atom is -0.357 e. The minimum absolute atomic E-state index is 0. The smallest absolute Gasteiger partial charge is 0.253 e. The molecule has 0 aromatic heterocycles.